The van der Waals surface area contributed by atoms with Crippen molar-refractivity contribution in [2.24, 2.45) is 0 Å². The van der Waals surface area contributed by atoms with Crippen molar-refractivity contribution in [3.63, 3.8) is 0 Å². The molecular weight excluding hydrogens is 580 g/mol. The van der Waals surface area contributed by atoms with Crippen LogP contribution in [-0.2, 0) is 9.53 Å². The molecule has 0 aromatic heterocycles. The van der Waals surface area contributed by atoms with Gasteiger partial charge in [0.2, 0.25) is 0 Å². The average Bonchev–Trinajstić information content (AvgIpc) is 3.09. The topological polar surface area (TPSA) is 52.6 Å². The fraction of sp³-hybridized carbons (Fsp3) is 0.628. The lowest BCUT2D eigenvalue weighted by Crippen LogP contribution is -2.12. The quantitative estimate of drug-likeness (QED) is 0.0382. The van der Waals surface area contributed by atoms with Crippen molar-refractivity contribution < 1.29 is 19.1 Å². The Balaban J connectivity index is 1.51. The first kappa shape index (κ1) is 40.3. The van der Waals surface area contributed by atoms with E-state index in [1.807, 2.05) is 36.4 Å². The van der Waals surface area contributed by atoms with E-state index in [1.165, 1.54) is 122 Å². The minimum Gasteiger partial charge on any atom is -0.494 e. The molecule has 0 radical (unpaired) electrons. The zero-order valence-electron chi connectivity index (χ0n) is 30.1. The van der Waals surface area contributed by atoms with E-state index >= 15 is 0 Å². The van der Waals surface area contributed by atoms with Crippen LogP contribution in [0.25, 0.3) is 11.1 Å². The Morgan fingerprint density at radius 2 is 0.936 bits per heavy atom. The summed E-state index contributed by atoms with van der Waals surface area (Å²) in [5.74, 6) is -0.171. The van der Waals surface area contributed by atoms with Gasteiger partial charge in [-0.1, -0.05) is 166 Å². The lowest BCUT2D eigenvalue weighted by Gasteiger charge is -2.08. The first-order valence-corrected chi connectivity index (χ1v) is 19.4. The van der Waals surface area contributed by atoms with Gasteiger partial charge >= 0.3 is 11.9 Å². The molecule has 2 aromatic rings. The summed E-state index contributed by atoms with van der Waals surface area (Å²) in [6.45, 7) is 5.28. The molecule has 0 atom stereocenters. The second kappa shape index (κ2) is 28.2. The summed E-state index contributed by atoms with van der Waals surface area (Å²) in [6, 6.07) is 15.3. The highest BCUT2D eigenvalue weighted by atomic mass is 16.6. The zero-order valence-corrected chi connectivity index (χ0v) is 30.1. The first-order chi connectivity index (χ1) is 23.1. The zero-order chi connectivity index (χ0) is 33.6. The molecule has 4 nitrogen and oxygen atoms in total. The Kier molecular flexibility index (Phi) is 24.1. The van der Waals surface area contributed by atoms with Crippen LogP contribution in [0.3, 0.4) is 0 Å². The van der Waals surface area contributed by atoms with E-state index < -0.39 is 11.9 Å². The largest absolute Gasteiger partial charge is 0.494 e. The molecule has 0 aliphatic carbocycles. The maximum Gasteiger partial charge on any atom is 0.345 e. The SMILES string of the molecule is CCCCCCCCCCCCCCC=CCCCC(=O)OC(=O)c1ccc(-c2ccc(OCCCCCCCCCC)cc2)cc1. The van der Waals surface area contributed by atoms with Crippen LogP contribution in [0.4, 0.5) is 0 Å². The monoisotopic (exact) mass is 646 g/mol. The van der Waals surface area contributed by atoms with E-state index in [2.05, 4.69) is 26.0 Å². The van der Waals surface area contributed by atoms with E-state index in [0.717, 1.165) is 42.7 Å². The predicted molar refractivity (Wildman–Crippen MR) is 199 cm³/mol. The van der Waals surface area contributed by atoms with Crippen LogP contribution < -0.4 is 4.74 Å². The molecule has 262 valence electrons. The summed E-state index contributed by atoms with van der Waals surface area (Å²) < 4.78 is 11.0. The van der Waals surface area contributed by atoms with Crippen molar-refractivity contribution in [2.75, 3.05) is 6.61 Å². The molecule has 0 saturated heterocycles. The van der Waals surface area contributed by atoms with Crippen LogP contribution >= 0.6 is 0 Å². The molecule has 4 heteroatoms. The molecule has 0 heterocycles. The summed E-state index contributed by atoms with van der Waals surface area (Å²) in [4.78, 5) is 24.7. The number of benzene rings is 2. The van der Waals surface area contributed by atoms with Crippen molar-refractivity contribution in [3.05, 3.63) is 66.2 Å². The second-order valence-electron chi connectivity index (χ2n) is 13.2. The Morgan fingerprint density at radius 1 is 0.511 bits per heavy atom. The van der Waals surface area contributed by atoms with E-state index in [4.69, 9.17) is 9.47 Å². The van der Waals surface area contributed by atoms with Gasteiger partial charge in [0.15, 0.2) is 0 Å². The minimum absolute atomic E-state index is 0.250. The Morgan fingerprint density at radius 3 is 1.45 bits per heavy atom. The van der Waals surface area contributed by atoms with Gasteiger partial charge in [-0.2, -0.15) is 0 Å². The molecule has 0 N–H and O–H groups in total. The lowest BCUT2D eigenvalue weighted by molar-refractivity contribution is -0.138. The normalized spacial score (nSPS) is 11.3. The third-order valence-electron chi connectivity index (χ3n) is 8.92. The highest BCUT2D eigenvalue weighted by Crippen LogP contribution is 2.23. The molecule has 0 fully saturated rings. The molecule has 2 aromatic carbocycles. The van der Waals surface area contributed by atoms with Crippen molar-refractivity contribution in [1.82, 2.24) is 0 Å². The fourth-order valence-electron chi connectivity index (χ4n) is 5.88. The smallest absolute Gasteiger partial charge is 0.345 e. The summed E-state index contributed by atoms with van der Waals surface area (Å²) in [6.07, 6.45) is 34.0. The minimum atomic E-state index is -0.589. The van der Waals surface area contributed by atoms with Crippen molar-refractivity contribution in [2.45, 2.75) is 168 Å². The van der Waals surface area contributed by atoms with Gasteiger partial charge in [-0.15, -0.1) is 0 Å². The van der Waals surface area contributed by atoms with Crippen LogP contribution in [0.2, 0.25) is 0 Å². The van der Waals surface area contributed by atoms with Gasteiger partial charge in [-0.3, -0.25) is 4.79 Å². The van der Waals surface area contributed by atoms with Crippen molar-refractivity contribution >= 4 is 11.9 Å². The number of ether oxygens (including phenoxy) is 2. The molecule has 47 heavy (non-hydrogen) atoms. The van der Waals surface area contributed by atoms with E-state index in [9.17, 15) is 9.59 Å². The molecule has 2 rings (SSSR count). The number of allylic oxidation sites excluding steroid dienone is 2. The molecule has 0 aliphatic heterocycles. The summed E-state index contributed by atoms with van der Waals surface area (Å²) in [5, 5.41) is 0. The number of unbranched alkanes of at least 4 members (excludes halogenated alkanes) is 20. The first-order valence-electron chi connectivity index (χ1n) is 19.4. The molecule has 0 amide bonds. The Hall–Kier alpha value is -2.88. The second-order valence-corrected chi connectivity index (χ2v) is 13.2. The van der Waals surface area contributed by atoms with E-state index in [0.29, 0.717) is 12.0 Å². The summed E-state index contributed by atoms with van der Waals surface area (Å²) in [7, 11) is 0. The molecular formula is C43H66O4. The highest BCUT2D eigenvalue weighted by molar-refractivity contribution is 5.97. The fourth-order valence-corrected chi connectivity index (χ4v) is 5.88. The number of carbonyl (C=O) groups is 2. The van der Waals surface area contributed by atoms with Crippen molar-refractivity contribution in [3.8, 4) is 16.9 Å². The Bertz CT molecular complexity index is 1070. The summed E-state index contributed by atoms with van der Waals surface area (Å²) >= 11 is 0. The maximum atomic E-state index is 12.5. The van der Waals surface area contributed by atoms with Gasteiger partial charge in [0, 0.05) is 6.42 Å². The van der Waals surface area contributed by atoms with Gasteiger partial charge in [-0.25, -0.2) is 4.79 Å². The van der Waals surface area contributed by atoms with Gasteiger partial charge in [0.05, 0.1) is 12.2 Å². The van der Waals surface area contributed by atoms with Crippen LogP contribution in [0.5, 0.6) is 5.75 Å². The molecule has 0 saturated carbocycles. The number of esters is 2. The third kappa shape index (κ3) is 20.9. The van der Waals surface area contributed by atoms with E-state index in [-0.39, 0.29) is 6.42 Å². The molecule has 0 aliphatic rings. The van der Waals surface area contributed by atoms with Gasteiger partial charge in [-0.05, 0) is 67.5 Å². The third-order valence-corrected chi connectivity index (χ3v) is 8.92. The predicted octanol–water partition coefficient (Wildman–Crippen LogP) is 13.4. The standard InChI is InChI=1S/C43H66O4/c1-3-5-7-9-11-13-14-15-16-17-18-19-20-21-22-24-26-28-42(44)47-43(45)40-31-29-38(30-32-40)39-33-35-41(36-34-39)46-37-27-25-23-12-10-8-6-4-2/h21-22,29-36H,3-20,23-28,37H2,1-2H3. The number of hydrogen-bond acceptors (Lipinski definition) is 4. The van der Waals surface area contributed by atoms with Gasteiger partial charge in [0.1, 0.15) is 5.75 Å². The average molecular weight is 647 g/mol. The van der Waals surface area contributed by atoms with Crippen LogP contribution in [0.15, 0.2) is 60.7 Å². The van der Waals surface area contributed by atoms with Crippen LogP contribution in [0, 0.1) is 0 Å². The van der Waals surface area contributed by atoms with Gasteiger partial charge < -0.3 is 9.47 Å². The van der Waals surface area contributed by atoms with Crippen molar-refractivity contribution in [1.29, 1.82) is 0 Å². The molecule has 0 bridgehead atoms. The Labute approximate surface area is 288 Å². The highest BCUT2D eigenvalue weighted by Gasteiger charge is 2.13. The lowest BCUT2D eigenvalue weighted by atomic mass is 10.0. The molecule has 0 spiro atoms. The van der Waals surface area contributed by atoms with Crippen LogP contribution in [0.1, 0.15) is 178 Å². The summed E-state index contributed by atoms with van der Waals surface area (Å²) in [5.41, 5.74) is 2.43. The van der Waals surface area contributed by atoms with Crippen LogP contribution in [-0.4, -0.2) is 18.5 Å². The maximum absolute atomic E-state index is 12.5. The van der Waals surface area contributed by atoms with Gasteiger partial charge in [0.25, 0.3) is 0 Å². The number of rotatable bonds is 29. The molecule has 0 unspecified atom stereocenters. The number of carbonyl (C=O) groups excluding carboxylic acids is 2. The number of hydrogen-bond donors (Lipinski definition) is 0. The van der Waals surface area contributed by atoms with E-state index in [1.54, 1.807) is 12.1 Å².